The van der Waals surface area contributed by atoms with E-state index in [1.54, 1.807) is 11.9 Å². The maximum absolute atomic E-state index is 11.9. The first-order chi connectivity index (χ1) is 8.72. The average Bonchev–Trinajstić information content (AvgIpc) is 2.85. The van der Waals surface area contributed by atoms with Gasteiger partial charge in [0.05, 0.1) is 0 Å². The van der Waals surface area contributed by atoms with Crippen molar-refractivity contribution >= 4 is 22.7 Å². The van der Waals surface area contributed by atoms with E-state index in [9.17, 15) is 4.79 Å². The molecule has 1 aromatic heterocycles. The Balaban J connectivity index is 2.07. The van der Waals surface area contributed by atoms with Gasteiger partial charge >= 0.3 is 0 Å². The largest absolute Gasteiger partial charge is 0.443 e. The van der Waals surface area contributed by atoms with Crippen LogP contribution >= 0.6 is 0 Å². The van der Waals surface area contributed by atoms with Crippen molar-refractivity contribution in [2.75, 3.05) is 25.5 Å². The number of carbonyl (C=O) groups is 1. The Bertz CT molecular complexity index is 536. The molecule has 0 saturated heterocycles. The lowest BCUT2D eigenvalue weighted by molar-refractivity contribution is -0.118. The predicted molar refractivity (Wildman–Crippen MR) is 70.6 cm³/mol. The van der Waals surface area contributed by atoms with Crippen molar-refractivity contribution in [3.63, 3.8) is 0 Å². The zero-order valence-corrected chi connectivity index (χ0v) is 10.6. The molecule has 0 aliphatic heterocycles. The number of carbonyl (C=O) groups excluding carboxylic acids is 1. The van der Waals surface area contributed by atoms with Crippen LogP contribution in [-0.2, 0) is 4.79 Å². The van der Waals surface area contributed by atoms with E-state index in [0.29, 0.717) is 12.0 Å². The molecule has 1 amide bonds. The third-order valence-electron chi connectivity index (χ3n) is 2.89. The molecule has 5 nitrogen and oxygen atoms in total. The summed E-state index contributed by atoms with van der Waals surface area (Å²) < 4.78 is 5.23. The predicted octanol–water partition coefficient (Wildman–Crippen LogP) is 1.79. The lowest BCUT2D eigenvalue weighted by atomic mass is 10.2. The summed E-state index contributed by atoms with van der Waals surface area (Å²) in [6.07, 6.45) is 2.78. The summed E-state index contributed by atoms with van der Waals surface area (Å²) in [6, 6.07) is 5.56. The standard InChI is InChI=1S/C13H17N3O2/c1-14-7-3-4-13(17)16(2)10-5-6-11-12(8-10)18-9-15-11/h5-6,8-9,14H,3-4,7H2,1-2H3. The molecule has 2 aromatic rings. The van der Waals surface area contributed by atoms with Crippen LogP contribution in [0.5, 0.6) is 0 Å². The van der Waals surface area contributed by atoms with Crippen LogP contribution in [0.2, 0.25) is 0 Å². The fraction of sp³-hybridized carbons (Fsp3) is 0.385. The van der Waals surface area contributed by atoms with Crippen LogP contribution < -0.4 is 10.2 Å². The Morgan fingerprint density at radius 1 is 1.50 bits per heavy atom. The fourth-order valence-corrected chi connectivity index (χ4v) is 1.78. The van der Waals surface area contributed by atoms with Crippen LogP contribution in [-0.4, -0.2) is 31.5 Å². The van der Waals surface area contributed by atoms with Gasteiger partial charge in [0, 0.05) is 25.2 Å². The van der Waals surface area contributed by atoms with Gasteiger partial charge in [-0.15, -0.1) is 0 Å². The minimum Gasteiger partial charge on any atom is -0.443 e. The van der Waals surface area contributed by atoms with Crippen LogP contribution in [0.1, 0.15) is 12.8 Å². The number of hydrogen-bond acceptors (Lipinski definition) is 4. The van der Waals surface area contributed by atoms with Crippen molar-refractivity contribution in [2.24, 2.45) is 0 Å². The highest BCUT2D eigenvalue weighted by molar-refractivity contribution is 5.94. The van der Waals surface area contributed by atoms with Gasteiger partial charge in [-0.05, 0) is 32.1 Å². The molecule has 0 radical (unpaired) electrons. The smallest absolute Gasteiger partial charge is 0.226 e. The highest BCUT2D eigenvalue weighted by Gasteiger charge is 2.11. The van der Waals surface area contributed by atoms with Gasteiger partial charge in [0.25, 0.3) is 0 Å². The number of hydrogen-bond donors (Lipinski definition) is 1. The normalized spacial score (nSPS) is 10.8. The van der Waals surface area contributed by atoms with Crippen LogP contribution in [0, 0.1) is 0 Å². The lowest BCUT2D eigenvalue weighted by Crippen LogP contribution is -2.26. The van der Waals surface area contributed by atoms with Gasteiger partial charge in [-0.3, -0.25) is 4.79 Å². The zero-order valence-electron chi connectivity index (χ0n) is 10.6. The van der Waals surface area contributed by atoms with E-state index in [2.05, 4.69) is 10.3 Å². The second-order valence-electron chi connectivity index (χ2n) is 4.16. The maximum atomic E-state index is 11.9. The SMILES string of the molecule is CNCCCC(=O)N(C)c1ccc2ncoc2c1. The van der Waals surface area contributed by atoms with Crippen molar-refractivity contribution < 1.29 is 9.21 Å². The monoisotopic (exact) mass is 247 g/mol. The molecule has 0 aliphatic carbocycles. The van der Waals surface area contributed by atoms with Crippen LogP contribution in [0.3, 0.4) is 0 Å². The number of fused-ring (bicyclic) bond motifs is 1. The van der Waals surface area contributed by atoms with Crippen molar-refractivity contribution in [1.29, 1.82) is 0 Å². The molecule has 1 heterocycles. The summed E-state index contributed by atoms with van der Waals surface area (Å²) in [5.41, 5.74) is 2.32. The first-order valence-electron chi connectivity index (χ1n) is 5.97. The molecule has 0 spiro atoms. The molecule has 2 rings (SSSR count). The molecule has 0 bridgehead atoms. The molecule has 0 saturated carbocycles. The van der Waals surface area contributed by atoms with Crippen molar-refractivity contribution in [3.8, 4) is 0 Å². The summed E-state index contributed by atoms with van der Waals surface area (Å²) in [5, 5.41) is 3.03. The third kappa shape index (κ3) is 2.68. The molecular weight excluding hydrogens is 230 g/mol. The van der Waals surface area contributed by atoms with Gasteiger partial charge in [-0.25, -0.2) is 4.98 Å². The minimum atomic E-state index is 0.101. The van der Waals surface area contributed by atoms with Gasteiger partial charge in [-0.1, -0.05) is 0 Å². The highest BCUT2D eigenvalue weighted by Crippen LogP contribution is 2.21. The molecular formula is C13H17N3O2. The topological polar surface area (TPSA) is 58.4 Å². The number of rotatable bonds is 5. The summed E-state index contributed by atoms with van der Waals surface area (Å²) in [4.78, 5) is 17.6. The van der Waals surface area contributed by atoms with Gasteiger partial charge < -0.3 is 14.6 Å². The highest BCUT2D eigenvalue weighted by atomic mass is 16.3. The van der Waals surface area contributed by atoms with E-state index in [1.807, 2.05) is 25.2 Å². The molecule has 0 unspecified atom stereocenters. The molecule has 18 heavy (non-hydrogen) atoms. The number of nitrogens with one attached hydrogen (secondary N) is 1. The number of aromatic nitrogens is 1. The number of amides is 1. The second kappa shape index (κ2) is 5.64. The van der Waals surface area contributed by atoms with Crippen LogP contribution in [0.4, 0.5) is 5.69 Å². The molecule has 96 valence electrons. The summed E-state index contributed by atoms with van der Waals surface area (Å²) in [7, 11) is 3.66. The lowest BCUT2D eigenvalue weighted by Gasteiger charge is -2.17. The quantitative estimate of drug-likeness (QED) is 0.818. The van der Waals surface area contributed by atoms with Gasteiger partial charge in [0.1, 0.15) is 5.52 Å². The number of nitrogens with zero attached hydrogens (tertiary/aromatic N) is 2. The zero-order chi connectivity index (χ0) is 13.0. The minimum absolute atomic E-state index is 0.101. The Morgan fingerprint density at radius 3 is 3.11 bits per heavy atom. The van der Waals surface area contributed by atoms with Crippen molar-refractivity contribution in [3.05, 3.63) is 24.6 Å². The van der Waals surface area contributed by atoms with Gasteiger partial charge in [-0.2, -0.15) is 0 Å². The summed E-state index contributed by atoms with van der Waals surface area (Å²) in [5.74, 6) is 0.101. The first kappa shape index (κ1) is 12.6. The van der Waals surface area contributed by atoms with Gasteiger partial charge in [0.2, 0.25) is 5.91 Å². The molecule has 1 N–H and O–H groups in total. The molecule has 0 atom stereocenters. The van der Waals surface area contributed by atoms with E-state index < -0.39 is 0 Å². The molecule has 1 aromatic carbocycles. The molecule has 0 fully saturated rings. The Labute approximate surface area is 106 Å². The number of oxazole rings is 1. The van der Waals surface area contributed by atoms with E-state index >= 15 is 0 Å². The summed E-state index contributed by atoms with van der Waals surface area (Å²) >= 11 is 0. The molecule has 0 aliphatic rings. The van der Waals surface area contributed by atoms with Crippen molar-refractivity contribution in [2.45, 2.75) is 12.8 Å². The van der Waals surface area contributed by atoms with E-state index in [1.165, 1.54) is 6.39 Å². The third-order valence-corrected chi connectivity index (χ3v) is 2.89. The van der Waals surface area contributed by atoms with Crippen LogP contribution in [0.25, 0.3) is 11.1 Å². The fourth-order valence-electron chi connectivity index (χ4n) is 1.78. The summed E-state index contributed by atoms with van der Waals surface area (Å²) in [6.45, 7) is 0.848. The van der Waals surface area contributed by atoms with Crippen molar-refractivity contribution in [1.82, 2.24) is 10.3 Å². The Morgan fingerprint density at radius 2 is 2.33 bits per heavy atom. The van der Waals surface area contributed by atoms with E-state index in [4.69, 9.17) is 4.42 Å². The van der Waals surface area contributed by atoms with Crippen LogP contribution in [0.15, 0.2) is 29.0 Å². The number of anilines is 1. The average molecular weight is 247 g/mol. The van der Waals surface area contributed by atoms with E-state index in [0.717, 1.165) is 24.2 Å². The Hall–Kier alpha value is -1.88. The Kier molecular flexibility index (Phi) is 3.94. The second-order valence-corrected chi connectivity index (χ2v) is 4.16. The first-order valence-corrected chi connectivity index (χ1v) is 5.97. The molecule has 5 heteroatoms. The van der Waals surface area contributed by atoms with Gasteiger partial charge in [0.15, 0.2) is 12.0 Å². The van der Waals surface area contributed by atoms with E-state index in [-0.39, 0.29) is 5.91 Å². The number of benzene rings is 1. The maximum Gasteiger partial charge on any atom is 0.226 e.